The molecule has 0 aromatic heterocycles. The Morgan fingerprint density at radius 3 is 2.48 bits per heavy atom. The summed E-state index contributed by atoms with van der Waals surface area (Å²) in [6, 6.07) is 12.6. The Kier molecular flexibility index (Phi) is 6.58. The van der Waals surface area contributed by atoms with Crippen molar-refractivity contribution in [3.63, 3.8) is 0 Å². The number of nitrogens with one attached hydrogen (secondary N) is 1. The van der Waals surface area contributed by atoms with Crippen LogP contribution in [0.5, 0.6) is 0 Å². The summed E-state index contributed by atoms with van der Waals surface area (Å²) in [5.74, 6) is 1.80. The second kappa shape index (κ2) is 9.11. The van der Waals surface area contributed by atoms with Gasteiger partial charge in [-0.2, -0.15) is 11.8 Å². The molecule has 1 heterocycles. The third kappa shape index (κ3) is 5.37. The Morgan fingerprint density at radius 2 is 1.81 bits per heavy atom. The van der Waals surface area contributed by atoms with Gasteiger partial charge in [0, 0.05) is 46.9 Å². The maximum absolute atomic E-state index is 12.6. The summed E-state index contributed by atoms with van der Waals surface area (Å²) in [6.07, 6.45) is 3.21. The predicted octanol–water partition coefficient (Wildman–Crippen LogP) is 4.49. The molecule has 1 aliphatic rings. The number of rotatable bonds is 4. The van der Waals surface area contributed by atoms with Crippen LogP contribution in [0.2, 0.25) is 5.02 Å². The number of hydrogen-bond donors (Lipinski definition) is 1. The lowest BCUT2D eigenvalue weighted by atomic mass is 10.1. The molecule has 0 saturated carbocycles. The maximum atomic E-state index is 12.6. The van der Waals surface area contributed by atoms with Gasteiger partial charge in [0.15, 0.2) is 0 Å². The maximum Gasteiger partial charge on any atom is 0.253 e. The second-order valence-electron chi connectivity index (χ2n) is 6.31. The normalized spacial score (nSPS) is 14.4. The van der Waals surface area contributed by atoms with E-state index in [9.17, 15) is 9.59 Å². The molecule has 2 amide bonds. The number of anilines is 1. The highest BCUT2D eigenvalue weighted by Gasteiger charge is 2.18. The molecule has 0 atom stereocenters. The summed E-state index contributed by atoms with van der Waals surface area (Å²) in [7, 11) is 0. The molecule has 0 unspecified atom stereocenters. The van der Waals surface area contributed by atoms with Gasteiger partial charge in [-0.15, -0.1) is 0 Å². The van der Waals surface area contributed by atoms with E-state index < -0.39 is 0 Å². The van der Waals surface area contributed by atoms with Gasteiger partial charge in [0.25, 0.3) is 5.91 Å². The summed E-state index contributed by atoms with van der Waals surface area (Å²) in [4.78, 5) is 26.6. The van der Waals surface area contributed by atoms with Crippen LogP contribution in [0.1, 0.15) is 21.5 Å². The minimum atomic E-state index is -0.222. The third-order valence-electron chi connectivity index (χ3n) is 4.33. The van der Waals surface area contributed by atoms with Crippen molar-refractivity contribution in [1.82, 2.24) is 4.90 Å². The van der Waals surface area contributed by atoms with E-state index >= 15 is 0 Å². The first-order chi connectivity index (χ1) is 13.0. The monoisotopic (exact) mass is 400 g/mol. The molecule has 0 radical (unpaired) electrons. The third-order valence-corrected chi connectivity index (χ3v) is 5.52. The molecule has 1 aliphatic heterocycles. The number of carbonyl (C=O) groups is 2. The van der Waals surface area contributed by atoms with E-state index in [4.69, 9.17) is 11.6 Å². The van der Waals surface area contributed by atoms with Crippen molar-refractivity contribution in [2.45, 2.75) is 6.92 Å². The SMILES string of the molecule is Cc1cc(C(=O)N2CCSCC2)ccc1NC(=O)/C=C/c1ccc(Cl)cc1. The zero-order valence-corrected chi connectivity index (χ0v) is 16.6. The van der Waals surface area contributed by atoms with E-state index in [0.717, 1.165) is 35.7 Å². The van der Waals surface area contributed by atoms with E-state index in [2.05, 4.69) is 5.32 Å². The lowest BCUT2D eigenvalue weighted by Crippen LogP contribution is -2.37. The summed E-state index contributed by atoms with van der Waals surface area (Å²) in [5, 5.41) is 3.52. The molecular formula is C21H21ClN2O2S. The Hall–Kier alpha value is -2.24. The number of carbonyl (C=O) groups excluding carboxylic acids is 2. The molecule has 6 heteroatoms. The molecular weight excluding hydrogens is 380 g/mol. The van der Waals surface area contributed by atoms with Crippen LogP contribution < -0.4 is 5.32 Å². The van der Waals surface area contributed by atoms with Crippen LogP contribution in [0.25, 0.3) is 6.08 Å². The molecule has 1 saturated heterocycles. The molecule has 1 N–H and O–H groups in total. The molecule has 0 bridgehead atoms. The fourth-order valence-electron chi connectivity index (χ4n) is 2.81. The first-order valence-corrected chi connectivity index (χ1v) is 10.3. The first-order valence-electron chi connectivity index (χ1n) is 8.75. The van der Waals surface area contributed by atoms with Gasteiger partial charge >= 0.3 is 0 Å². The van der Waals surface area contributed by atoms with Crippen molar-refractivity contribution in [3.05, 3.63) is 70.3 Å². The highest BCUT2D eigenvalue weighted by molar-refractivity contribution is 7.99. The van der Waals surface area contributed by atoms with Crippen LogP contribution in [0.15, 0.2) is 48.5 Å². The van der Waals surface area contributed by atoms with Crippen molar-refractivity contribution >= 4 is 46.9 Å². The molecule has 0 spiro atoms. The van der Waals surface area contributed by atoms with Gasteiger partial charge in [0.05, 0.1) is 0 Å². The number of nitrogens with zero attached hydrogens (tertiary/aromatic N) is 1. The van der Waals surface area contributed by atoms with Crippen molar-refractivity contribution in [3.8, 4) is 0 Å². The van der Waals surface area contributed by atoms with Crippen LogP contribution in [-0.4, -0.2) is 41.3 Å². The van der Waals surface area contributed by atoms with Crippen LogP contribution in [0, 0.1) is 6.92 Å². The van der Waals surface area contributed by atoms with Crippen LogP contribution >= 0.6 is 23.4 Å². The average Bonchev–Trinajstić information content (AvgIpc) is 2.69. The van der Waals surface area contributed by atoms with Crippen LogP contribution in [0.3, 0.4) is 0 Å². The zero-order chi connectivity index (χ0) is 19.2. The predicted molar refractivity (Wildman–Crippen MR) is 114 cm³/mol. The van der Waals surface area contributed by atoms with Gasteiger partial charge in [0.1, 0.15) is 0 Å². The molecule has 140 valence electrons. The Bertz CT molecular complexity index is 859. The van der Waals surface area contributed by atoms with Crippen molar-refractivity contribution in [2.24, 2.45) is 0 Å². The van der Waals surface area contributed by atoms with Crippen molar-refractivity contribution in [1.29, 1.82) is 0 Å². The molecule has 27 heavy (non-hydrogen) atoms. The summed E-state index contributed by atoms with van der Waals surface area (Å²) < 4.78 is 0. The van der Waals surface area contributed by atoms with E-state index in [1.165, 1.54) is 6.08 Å². The Balaban J connectivity index is 1.64. The molecule has 2 aromatic carbocycles. The van der Waals surface area contributed by atoms with Crippen LogP contribution in [-0.2, 0) is 4.79 Å². The quantitative estimate of drug-likeness (QED) is 0.769. The minimum absolute atomic E-state index is 0.0545. The van der Waals surface area contributed by atoms with E-state index in [1.807, 2.05) is 41.8 Å². The lowest BCUT2D eigenvalue weighted by Gasteiger charge is -2.26. The highest BCUT2D eigenvalue weighted by atomic mass is 35.5. The number of amides is 2. The lowest BCUT2D eigenvalue weighted by molar-refractivity contribution is -0.111. The van der Waals surface area contributed by atoms with Gasteiger partial charge in [-0.25, -0.2) is 0 Å². The molecule has 3 rings (SSSR count). The number of benzene rings is 2. The van der Waals surface area contributed by atoms with Gasteiger partial charge in [-0.1, -0.05) is 23.7 Å². The fourth-order valence-corrected chi connectivity index (χ4v) is 3.84. The second-order valence-corrected chi connectivity index (χ2v) is 7.97. The van der Waals surface area contributed by atoms with Gasteiger partial charge in [-0.05, 0) is 54.5 Å². The summed E-state index contributed by atoms with van der Waals surface area (Å²) >= 11 is 7.73. The highest BCUT2D eigenvalue weighted by Crippen LogP contribution is 2.19. The van der Waals surface area contributed by atoms with Gasteiger partial charge < -0.3 is 10.2 Å². The number of halogens is 1. The van der Waals surface area contributed by atoms with Crippen molar-refractivity contribution < 1.29 is 9.59 Å². The first kappa shape index (κ1) is 19.5. The molecule has 2 aromatic rings. The Labute approximate surface area is 168 Å². The fraction of sp³-hybridized carbons (Fsp3) is 0.238. The number of hydrogen-bond acceptors (Lipinski definition) is 3. The van der Waals surface area contributed by atoms with E-state index in [1.54, 1.807) is 30.3 Å². The summed E-state index contributed by atoms with van der Waals surface area (Å²) in [6.45, 7) is 3.47. The van der Waals surface area contributed by atoms with Crippen LogP contribution in [0.4, 0.5) is 5.69 Å². The largest absolute Gasteiger partial charge is 0.337 e. The van der Waals surface area contributed by atoms with Gasteiger partial charge in [0.2, 0.25) is 5.91 Å². The molecule has 4 nitrogen and oxygen atoms in total. The summed E-state index contributed by atoms with van der Waals surface area (Å²) in [5.41, 5.74) is 3.12. The minimum Gasteiger partial charge on any atom is -0.337 e. The number of aryl methyl sites for hydroxylation is 1. The number of thioether (sulfide) groups is 1. The molecule has 1 fully saturated rings. The standard InChI is InChI=1S/C21H21ClN2O2S/c1-15-14-17(21(26)24-10-12-27-13-11-24)5-8-19(15)23-20(25)9-4-16-2-6-18(22)7-3-16/h2-9,14H,10-13H2,1H3,(H,23,25)/b9-4+. The average molecular weight is 401 g/mol. The zero-order valence-electron chi connectivity index (χ0n) is 15.1. The Morgan fingerprint density at radius 1 is 1.11 bits per heavy atom. The smallest absolute Gasteiger partial charge is 0.253 e. The molecule has 0 aliphatic carbocycles. The van der Waals surface area contributed by atoms with E-state index in [-0.39, 0.29) is 11.8 Å². The topological polar surface area (TPSA) is 49.4 Å². The van der Waals surface area contributed by atoms with E-state index in [0.29, 0.717) is 16.3 Å². The van der Waals surface area contributed by atoms with Crippen molar-refractivity contribution in [2.75, 3.05) is 29.9 Å². The van der Waals surface area contributed by atoms with Gasteiger partial charge in [-0.3, -0.25) is 9.59 Å².